The van der Waals surface area contributed by atoms with Crippen LogP contribution in [0.4, 0.5) is 0 Å². The third kappa shape index (κ3) is 5.40. The lowest BCUT2D eigenvalue weighted by Gasteiger charge is -2.26. The van der Waals surface area contributed by atoms with Crippen molar-refractivity contribution in [1.29, 1.82) is 0 Å². The van der Waals surface area contributed by atoms with Gasteiger partial charge in [0.05, 0.1) is 25.1 Å². The average molecular weight is 604 g/mol. The molecule has 0 N–H and O–H groups in total. The van der Waals surface area contributed by atoms with Crippen molar-refractivity contribution < 1.29 is 22.7 Å². The lowest BCUT2D eigenvalue weighted by Crippen LogP contribution is -2.36. The van der Waals surface area contributed by atoms with Crippen LogP contribution < -0.4 is 4.74 Å². The van der Waals surface area contributed by atoms with E-state index in [-0.39, 0.29) is 48.3 Å². The fourth-order valence-corrected chi connectivity index (χ4v) is 7.98. The van der Waals surface area contributed by atoms with Crippen LogP contribution in [0.3, 0.4) is 0 Å². The maximum atomic E-state index is 13.9. The van der Waals surface area contributed by atoms with Gasteiger partial charge in [0, 0.05) is 25.7 Å². The number of esters is 1. The molecule has 2 aromatic carbocycles. The minimum Gasteiger partial charge on any atom is -0.472 e. The van der Waals surface area contributed by atoms with E-state index in [0.717, 1.165) is 52.5 Å². The third-order valence-corrected chi connectivity index (χ3v) is 10.5. The van der Waals surface area contributed by atoms with Crippen molar-refractivity contribution in [3.63, 3.8) is 0 Å². The van der Waals surface area contributed by atoms with Crippen LogP contribution in [0, 0.1) is 6.92 Å². The zero-order chi connectivity index (χ0) is 30.3. The van der Waals surface area contributed by atoms with Crippen molar-refractivity contribution in [2.75, 3.05) is 13.2 Å². The standard InChI is InChI=1S/C32H37N5O5S/c1-5-24-19-37(43(39,40)29-11-8-14-33-32(29)42-24)18-23-16-22(15-21-9-7-10-26(21)23)27(17-30(38)41-6-2)25-12-13-28-31(20(25)3)34-35-36(28)4/h8,11-16,24,27H,5-7,9-10,17-19H2,1-4H3/t24-,27?/m1/s1. The molecule has 0 amide bonds. The van der Waals surface area contributed by atoms with E-state index in [4.69, 9.17) is 9.47 Å². The molecule has 0 spiro atoms. The number of aryl methyl sites for hydroxylation is 3. The molecule has 0 fully saturated rings. The predicted molar refractivity (Wildman–Crippen MR) is 161 cm³/mol. The van der Waals surface area contributed by atoms with E-state index >= 15 is 0 Å². The molecule has 0 saturated carbocycles. The van der Waals surface area contributed by atoms with E-state index < -0.39 is 10.0 Å². The molecule has 2 atom stereocenters. The SMILES string of the molecule is CCOC(=O)CC(c1cc2c(c(CN3C[C@@H](CC)Oc4ncccc4S3(=O)=O)c1)CCC2)c1ccc2c(nnn2C)c1C. The largest absolute Gasteiger partial charge is 0.472 e. The maximum Gasteiger partial charge on any atom is 0.306 e. The van der Waals surface area contributed by atoms with Crippen LogP contribution >= 0.6 is 0 Å². The Hall–Kier alpha value is -3.83. The number of fused-ring (bicyclic) bond motifs is 3. The maximum absolute atomic E-state index is 13.9. The Morgan fingerprint density at radius 1 is 1.19 bits per heavy atom. The second kappa shape index (κ2) is 11.7. The van der Waals surface area contributed by atoms with Crippen LogP contribution in [0.1, 0.15) is 72.4 Å². The first-order valence-electron chi connectivity index (χ1n) is 14.9. The van der Waals surface area contributed by atoms with Crippen molar-refractivity contribution in [2.24, 2.45) is 7.05 Å². The first kappa shape index (κ1) is 29.3. The van der Waals surface area contributed by atoms with Gasteiger partial charge in [0.15, 0.2) is 0 Å². The number of carbonyl (C=O) groups excluding carboxylic acids is 1. The normalized spacial score (nSPS) is 18.5. The Morgan fingerprint density at radius 3 is 2.81 bits per heavy atom. The van der Waals surface area contributed by atoms with Gasteiger partial charge in [0.1, 0.15) is 16.5 Å². The smallest absolute Gasteiger partial charge is 0.306 e. The third-order valence-electron chi connectivity index (χ3n) is 8.70. The summed E-state index contributed by atoms with van der Waals surface area (Å²) in [5.41, 5.74) is 7.98. The number of hydrogen-bond donors (Lipinski definition) is 0. The zero-order valence-electron chi connectivity index (χ0n) is 25.0. The van der Waals surface area contributed by atoms with Crippen LogP contribution in [-0.4, -0.2) is 57.9 Å². The molecule has 3 heterocycles. The number of pyridine rings is 1. The Kier molecular flexibility index (Phi) is 7.95. The van der Waals surface area contributed by atoms with Gasteiger partial charge in [-0.2, -0.15) is 4.31 Å². The summed E-state index contributed by atoms with van der Waals surface area (Å²) in [7, 11) is -2.01. The van der Waals surface area contributed by atoms with E-state index in [9.17, 15) is 13.2 Å². The minimum atomic E-state index is -3.86. The molecule has 2 aliphatic rings. The number of ether oxygens (including phenoxy) is 2. The minimum absolute atomic E-state index is 0.0897. The second-order valence-electron chi connectivity index (χ2n) is 11.3. The van der Waals surface area contributed by atoms with Crippen molar-refractivity contribution >= 4 is 27.0 Å². The molecule has 1 aliphatic heterocycles. The molecule has 1 aliphatic carbocycles. The summed E-state index contributed by atoms with van der Waals surface area (Å²) < 4.78 is 42.6. The Bertz CT molecular complexity index is 1800. The lowest BCUT2D eigenvalue weighted by atomic mass is 9.83. The van der Waals surface area contributed by atoms with Gasteiger partial charge in [-0.15, -0.1) is 5.10 Å². The highest BCUT2D eigenvalue weighted by molar-refractivity contribution is 7.89. The van der Waals surface area contributed by atoms with E-state index in [1.54, 1.807) is 29.9 Å². The summed E-state index contributed by atoms with van der Waals surface area (Å²) in [5, 5.41) is 8.58. The summed E-state index contributed by atoms with van der Waals surface area (Å²) in [6, 6.07) is 11.5. The Morgan fingerprint density at radius 2 is 2.02 bits per heavy atom. The van der Waals surface area contributed by atoms with Crippen molar-refractivity contribution in [2.45, 2.75) is 76.3 Å². The molecule has 0 radical (unpaired) electrons. The number of carbonyl (C=O) groups is 1. The number of nitrogens with zero attached hydrogens (tertiary/aromatic N) is 5. The summed E-state index contributed by atoms with van der Waals surface area (Å²) in [6.07, 6.45) is 4.83. The second-order valence-corrected chi connectivity index (χ2v) is 13.3. The number of rotatable bonds is 8. The summed E-state index contributed by atoms with van der Waals surface area (Å²) in [4.78, 5) is 17.3. The van der Waals surface area contributed by atoms with Crippen LogP contribution in [-0.2, 0) is 46.0 Å². The Balaban J connectivity index is 1.45. The molecule has 0 saturated heterocycles. The fraction of sp³-hybridized carbons (Fsp3) is 0.438. The number of hydrogen-bond acceptors (Lipinski definition) is 8. The molecular weight excluding hydrogens is 566 g/mol. The van der Waals surface area contributed by atoms with Gasteiger partial charge < -0.3 is 9.47 Å². The van der Waals surface area contributed by atoms with Gasteiger partial charge in [0.25, 0.3) is 0 Å². The van der Waals surface area contributed by atoms with Gasteiger partial charge in [-0.1, -0.05) is 30.3 Å². The molecule has 43 heavy (non-hydrogen) atoms. The first-order chi connectivity index (χ1) is 20.7. The average Bonchev–Trinajstić information content (AvgIpc) is 3.60. The van der Waals surface area contributed by atoms with E-state index in [1.807, 2.05) is 33.0 Å². The van der Waals surface area contributed by atoms with E-state index in [1.165, 1.54) is 15.4 Å². The molecular formula is C32H37N5O5S. The zero-order valence-corrected chi connectivity index (χ0v) is 25.9. The first-order valence-corrected chi connectivity index (χ1v) is 16.4. The highest BCUT2D eigenvalue weighted by Gasteiger charge is 2.36. The number of aromatic nitrogens is 4. The van der Waals surface area contributed by atoms with Crippen molar-refractivity contribution in [1.82, 2.24) is 24.3 Å². The summed E-state index contributed by atoms with van der Waals surface area (Å²) in [6.45, 7) is 6.54. The van der Waals surface area contributed by atoms with Gasteiger partial charge in [-0.25, -0.2) is 18.1 Å². The molecule has 10 nitrogen and oxygen atoms in total. The van der Waals surface area contributed by atoms with Crippen LogP contribution in [0.15, 0.2) is 47.5 Å². The monoisotopic (exact) mass is 603 g/mol. The van der Waals surface area contributed by atoms with Crippen LogP contribution in [0.25, 0.3) is 11.0 Å². The van der Waals surface area contributed by atoms with Crippen LogP contribution in [0.2, 0.25) is 0 Å². The molecule has 4 aromatic rings. The molecule has 0 bridgehead atoms. The molecule has 226 valence electrons. The Labute approximate surface area is 252 Å². The van der Waals surface area contributed by atoms with Gasteiger partial charge >= 0.3 is 5.97 Å². The predicted octanol–water partition coefficient (Wildman–Crippen LogP) is 4.61. The van der Waals surface area contributed by atoms with Crippen molar-refractivity contribution in [3.8, 4) is 5.88 Å². The van der Waals surface area contributed by atoms with Crippen molar-refractivity contribution in [3.05, 3.63) is 76.0 Å². The highest BCUT2D eigenvalue weighted by atomic mass is 32.2. The summed E-state index contributed by atoms with van der Waals surface area (Å²) >= 11 is 0. The number of benzene rings is 2. The topological polar surface area (TPSA) is 117 Å². The van der Waals surface area contributed by atoms with Gasteiger partial charge in [-0.3, -0.25) is 4.79 Å². The van der Waals surface area contributed by atoms with E-state index in [2.05, 4.69) is 27.4 Å². The van der Waals surface area contributed by atoms with E-state index in [0.29, 0.717) is 13.0 Å². The highest BCUT2D eigenvalue weighted by Crippen LogP contribution is 2.39. The molecule has 11 heteroatoms. The van der Waals surface area contributed by atoms with Crippen LogP contribution in [0.5, 0.6) is 5.88 Å². The number of sulfonamides is 1. The molecule has 1 unspecified atom stereocenters. The lowest BCUT2D eigenvalue weighted by molar-refractivity contribution is -0.143. The molecule has 2 aromatic heterocycles. The summed E-state index contributed by atoms with van der Waals surface area (Å²) in [5.74, 6) is -0.428. The van der Waals surface area contributed by atoms with Gasteiger partial charge in [0.2, 0.25) is 15.9 Å². The van der Waals surface area contributed by atoms with Gasteiger partial charge in [-0.05, 0) is 91.1 Å². The molecule has 6 rings (SSSR count). The fourth-order valence-electron chi connectivity index (χ4n) is 6.46. The quantitative estimate of drug-likeness (QED) is 0.268.